The molecule has 1 aromatic rings. The second-order valence-electron chi connectivity index (χ2n) is 5.15. The van der Waals surface area contributed by atoms with E-state index in [2.05, 4.69) is 0 Å². The fourth-order valence-corrected chi connectivity index (χ4v) is 2.78. The van der Waals surface area contributed by atoms with Gasteiger partial charge in [-0.25, -0.2) is 18.4 Å². The summed E-state index contributed by atoms with van der Waals surface area (Å²) in [5.41, 5.74) is -0.587. The number of piperidine rings is 1. The number of primary sulfonamides is 1. The highest BCUT2D eigenvalue weighted by molar-refractivity contribution is 7.89. The van der Waals surface area contributed by atoms with E-state index in [9.17, 15) is 23.3 Å². The molecule has 11 heteroatoms. The number of nitro groups is 1. The van der Waals surface area contributed by atoms with Gasteiger partial charge >= 0.3 is 11.8 Å². The van der Waals surface area contributed by atoms with Gasteiger partial charge in [0.1, 0.15) is 0 Å². The van der Waals surface area contributed by atoms with Crippen molar-refractivity contribution in [2.24, 2.45) is 5.14 Å². The van der Waals surface area contributed by atoms with Crippen LogP contribution in [-0.2, 0) is 14.8 Å². The molecule has 1 aliphatic heterocycles. The third kappa shape index (κ3) is 4.55. The van der Waals surface area contributed by atoms with Crippen LogP contribution < -0.4 is 9.88 Å². The Morgan fingerprint density at radius 2 is 1.96 bits per heavy atom. The number of benzene rings is 1. The molecule has 2 N–H and O–H groups in total. The van der Waals surface area contributed by atoms with Crippen molar-refractivity contribution in [1.29, 1.82) is 0 Å². The molecular weight excluding hydrogens is 342 g/mol. The van der Waals surface area contributed by atoms with Crippen LogP contribution in [0, 0.1) is 10.1 Å². The van der Waals surface area contributed by atoms with Crippen LogP contribution in [0.3, 0.4) is 0 Å². The first-order valence-corrected chi connectivity index (χ1v) is 8.69. The van der Waals surface area contributed by atoms with Crippen LogP contribution in [0.15, 0.2) is 23.1 Å². The highest BCUT2D eigenvalue weighted by Crippen LogP contribution is 2.29. The summed E-state index contributed by atoms with van der Waals surface area (Å²) in [6.07, 6.45) is 2.30. The minimum Gasteiger partial charge on any atom is -0.450 e. The van der Waals surface area contributed by atoms with Crippen molar-refractivity contribution in [1.82, 2.24) is 4.90 Å². The third-order valence-electron chi connectivity index (χ3n) is 3.47. The van der Waals surface area contributed by atoms with Gasteiger partial charge in [-0.3, -0.25) is 10.1 Å². The van der Waals surface area contributed by atoms with Crippen molar-refractivity contribution in [3.05, 3.63) is 28.3 Å². The quantitative estimate of drug-likeness (QED) is 0.473. The van der Waals surface area contributed by atoms with Crippen LogP contribution in [0.2, 0.25) is 0 Å². The Morgan fingerprint density at radius 3 is 2.54 bits per heavy atom. The molecule has 24 heavy (non-hydrogen) atoms. The number of nitrogens with zero attached hydrogens (tertiary/aromatic N) is 2. The normalized spacial score (nSPS) is 15.0. The predicted octanol–water partition coefficient (Wildman–Crippen LogP) is 1.20. The predicted molar refractivity (Wildman–Crippen MR) is 81.9 cm³/mol. The summed E-state index contributed by atoms with van der Waals surface area (Å²) in [5.74, 6) is -0.223. The molecule has 132 valence electrons. The number of likely N-dealkylation sites (tertiary alicyclic amines) is 1. The molecule has 0 spiro atoms. The highest BCUT2D eigenvalue weighted by atomic mass is 32.2. The summed E-state index contributed by atoms with van der Waals surface area (Å²) >= 11 is 0. The zero-order valence-electron chi connectivity index (χ0n) is 12.7. The number of carbonyl (C=O) groups excluding carboxylic acids is 1. The van der Waals surface area contributed by atoms with Crippen LogP contribution >= 0.6 is 0 Å². The first-order valence-electron chi connectivity index (χ1n) is 7.15. The highest BCUT2D eigenvalue weighted by Gasteiger charge is 2.21. The lowest BCUT2D eigenvalue weighted by atomic mass is 10.1. The Bertz CT molecular complexity index is 729. The number of hydrogen-bond acceptors (Lipinski definition) is 7. The Kier molecular flexibility index (Phi) is 5.57. The number of ether oxygens (including phenoxy) is 2. The standard InChI is InChI=1S/C13H17N3O7S/c14-24(20,21)10-4-5-12(11(8-10)16(18)19)22-9-23-13(17)15-6-2-1-3-7-15/h4-5,8H,1-3,6-7,9H2,(H2,14,20,21). The maximum Gasteiger partial charge on any atom is 0.412 e. The molecule has 1 heterocycles. The largest absolute Gasteiger partial charge is 0.450 e. The molecule has 10 nitrogen and oxygen atoms in total. The molecule has 1 aliphatic rings. The van der Waals surface area contributed by atoms with E-state index >= 15 is 0 Å². The molecule has 0 aliphatic carbocycles. The molecular formula is C13H17N3O7S. The summed E-state index contributed by atoms with van der Waals surface area (Å²) in [7, 11) is -4.08. The van der Waals surface area contributed by atoms with Crippen LogP contribution in [0.4, 0.5) is 10.5 Å². The SMILES string of the molecule is NS(=O)(=O)c1ccc(OCOC(=O)N2CCCCC2)c([N+](=O)[O-])c1. The van der Waals surface area contributed by atoms with E-state index in [0.717, 1.165) is 37.5 Å². The van der Waals surface area contributed by atoms with Gasteiger partial charge in [-0.2, -0.15) is 0 Å². The molecule has 0 saturated carbocycles. The summed E-state index contributed by atoms with van der Waals surface area (Å²) in [4.78, 5) is 23.1. The molecule has 0 radical (unpaired) electrons. The van der Waals surface area contributed by atoms with Crippen LogP contribution in [-0.4, -0.2) is 44.2 Å². The van der Waals surface area contributed by atoms with Gasteiger partial charge in [0.25, 0.3) is 0 Å². The number of hydrogen-bond donors (Lipinski definition) is 1. The number of amides is 1. The number of rotatable bonds is 5. The minimum absolute atomic E-state index is 0.223. The monoisotopic (exact) mass is 359 g/mol. The zero-order valence-corrected chi connectivity index (χ0v) is 13.5. The molecule has 1 amide bonds. The van der Waals surface area contributed by atoms with Crippen molar-refractivity contribution in [2.75, 3.05) is 19.9 Å². The van der Waals surface area contributed by atoms with Gasteiger partial charge in [-0.05, 0) is 31.4 Å². The molecule has 1 saturated heterocycles. The number of nitro benzene ring substituents is 1. The van der Waals surface area contributed by atoms with Gasteiger partial charge in [0, 0.05) is 19.2 Å². The van der Waals surface area contributed by atoms with E-state index in [1.165, 1.54) is 4.90 Å². The van der Waals surface area contributed by atoms with Crippen molar-refractivity contribution < 1.29 is 27.6 Å². The molecule has 0 atom stereocenters. The summed E-state index contributed by atoms with van der Waals surface area (Å²) < 4.78 is 32.5. The second-order valence-corrected chi connectivity index (χ2v) is 6.71. The summed E-state index contributed by atoms with van der Waals surface area (Å²) in [6, 6.07) is 2.95. The van der Waals surface area contributed by atoms with Crippen molar-refractivity contribution >= 4 is 21.8 Å². The molecule has 0 unspecified atom stereocenters. The molecule has 1 fully saturated rings. The number of carbonyl (C=O) groups is 1. The van der Waals surface area contributed by atoms with Crippen molar-refractivity contribution in [2.45, 2.75) is 24.2 Å². The van der Waals surface area contributed by atoms with Gasteiger partial charge in [-0.15, -0.1) is 0 Å². The second kappa shape index (κ2) is 7.45. The van der Waals surface area contributed by atoms with Gasteiger partial charge in [0.05, 0.1) is 9.82 Å². The lowest BCUT2D eigenvalue weighted by Gasteiger charge is -2.25. The lowest BCUT2D eigenvalue weighted by Crippen LogP contribution is -2.36. The van der Waals surface area contributed by atoms with E-state index in [1.807, 2.05) is 0 Å². The maximum atomic E-state index is 11.8. The smallest absolute Gasteiger partial charge is 0.412 e. The number of nitrogens with two attached hydrogens (primary N) is 1. The zero-order chi connectivity index (χ0) is 17.7. The van der Waals surface area contributed by atoms with Crippen molar-refractivity contribution in [3.8, 4) is 5.75 Å². The topological polar surface area (TPSA) is 142 Å². The third-order valence-corrected chi connectivity index (χ3v) is 4.38. The van der Waals surface area contributed by atoms with Gasteiger partial charge in [0.2, 0.25) is 22.6 Å². The molecule has 1 aromatic carbocycles. The van der Waals surface area contributed by atoms with E-state index in [1.54, 1.807) is 0 Å². The van der Waals surface area contributed by atoms with Gasteiger partial charge < -0.3 is 14.4 Å². The van der Waals surface area contributed by atoms with Gasteiger partial charge in [-0.1, -0.05) is 0 Å². The van der Waals surface area contributed by atoms with E-state index < -0.39 is 38.4 Å². The maximum absolute atomic E-state index is 11.8. The van der Waals surface area contributed by atoms with Crippen LogP contribution in [0.1, 0.15) is 19.3 Å². The fourth-order valence-electron chi connectivity index (χ4n) is 2.25. The Labute approximate surface area is 138 Å². The van der Waals surface area contributed by atoms with E-state index in [-0.39, 0.29) is 5.75 Å². The Morgan fingerprint density at radius 1 is 1.29 bits per heavy atom. The number of sulfonamides is 1. The first kappa shape index (κ1) is 17.9. The van der Waals surface area contributed by atoms with E-state index in [0.29, 0.717) is 13.1 Å². The lowest BCUT2D eigenvalue weighted by molar-refractivity contribution is -0.386. The van der Waals surface area contributed by atoms with E-state index in [4.69, 9.17) is 14.6 Å². The molecule has 0 aromatic heterocycles. The molecule has 2 rings (SSSR count). The average Bonchev–Trinajstić information content (AvgIpc) is 2.54. The molecule has 0 bridgehead atoms. The first-order chi connectivity index (χ1) is 11.3. The summed E-state index contributed by atoms with van der Waals surface area (Å²) in [5, 5.41) is 16.0. The Balaban J connectivity index is 2.01. The Hall–Kier alpha value is -2.40. The average molecular weight is 359 g/mol. The van der Waals surface area contributed by atoms with Crippen LogP contribution in [0.5, 0.6) is 5.75 Å². The minimum atomic E-state index is -4.08. The van der Waals surface area contributed by atoms with Crippen molar-refractivity contribution in [3.63, 3.8) is 0 Å². The van der Waals surface area contributed by atoms with Crippen LogP contribution in [0.25, 0.3) is 0 Å². The fraction of sp³-hybridized carbons (Fsp3) is 0.462. The van der Waals surface area contributed by atoms with Gasteiger partial charge in [0.15, 0.2) is 0 Å². The summed E-state index contributed by atoms with van der Waals surface area (Å²) in [6.45, 7) is 0.676.